The first kappa shape index (κ1) is 15.0. The molecule has 104 valence electrons. The molecule has 0 aliphatic carbocycles. The molecule has 20 heavy (non-hydrogen) atoms. The molecule has 0 heterocycles. The molecule has 0 unspecified atom stereocenters. The fraction of sp³-hybridized carbons (Fsp3) is 0.133. The van der Waals surface area contributed by atoms with Crippen molar-refractivity contribution in [2.24, 2.45) is 0 Å². The third-order valence-electron chi connectivity index (χ3n) is 2.75. The summed E-state index contributed by atoms with van der Waals surface area (Å²) in [6.07, 6.45) is 0. The summed E-state index contributed by atoms with van der Waals surface area (Å²) < 4.78 is 19.9. The molecule has 0 bridgehead atoms. The van der Waals surface area contributed by atoms with E-state index in [0.29, 0.717) is 16.3 Å². The van der Waals surface area contributed by atoms with E-state index in [0.717, 1.165) is 4.47 Å². The van der Waals surface area contributed by atoms with Gasteiger partial charge < -0.3 is 4.74 Å². The second kappa shape index (κ2) is 6.37. The van der Waals surface area contributed by atoms with Crippen molar-refractivity contribution < 1.29 is 13.9 Å². The van der Waals surface area contributed by atoms with Gasteiger partial charge in [0.25, 0.3) is 0 Å². The summed E-state index contributed by atoms with van der Waals surface area (Å²) in [7, 11) is 0. The Morgan fingerprint density at radius 3 is 2.75 bits per heavy atom. The highest BCUT2D eigenvalue weighted by Crippen LogP contribution is 2.26. The average Bonchev–Trinajstić information content (AvgIpc) is 2.39. The molecule has 2 aromatic rings. The Balaban J connectivity index is 2.25. The Hall–Kier alpha value is -1.39. The smallest absolute Gasteiger partial charge is 0.163 e. The van der Waals surface area contributed by atoms with Crippen LogP contribution in [-0.2, 0) is 6.61 Å². The number of halogens is 3. The Kier molecular flexibility index (Phi) is 4.78. The lowest BCUT2D eigenvalue weighted by atomic mass is 10.1. The topological polar surface area (TPSA) is 26.3 Å². The monoisotopic (exact) mass is 356 g/mol. The molecule has 0 aliphatic heterocycles. The minimum Gasteiger partial charge on any atom is -0.488 e. The maximum atomic E-state index is 13.6. The highest BCUT2D eigenvalue weighted by Gasteiger charge is 2.12. The second-order valence-corrected chi connectivity index (χ2v) is 5.51. The van der Waals surface area contributed by atoms with E-state index in [1.807, 2.05) is 0 Å². The van der Waals surface area contributed by atoms with E-state index in [1.165, 1.54) is 19.1 Å². The van der Waals surface area contributed by atoms with E-state index in [2.05, 4.69) is 15.9 Å². The van der Waals surface area contributed by atoms with E-state index in [4.69, 9.17) is 16.3 Å². The highest BCUT2D eigenvalue weighted by molar-refractivity contribution is 9.10. The van der Waals surface area contributed by atoms with Crippen LogP contribution in [0.2, 0.25) is 5.02 Å². The van der Waals surface area contributed by atoms with Gasteiger partial charge in [0.05, 0.1) is 10.6 Å². The van der Waals surface area contributed by atoms with Crippen molar-refractivity contribution in [2.45, 2.75) is 13.5 Å². The van der Waals surface area contributed by atoms with Crippen LogP contribution in [0.15, 0.2) is 40.9 Å². The van der Waals surface area contributed by atoms with Gasteiger partial charge in [0.15, 0.2) is 5.78 Å². The first-order valence-electron chi connectivity index (χ1n) is 5.85. The predicted molar refractivity (Wildman–Crippen MR) is 79.9 cm³/mol. The molecule has 0 aliphatic rings. The number of hydrogen-bond acceptors (Lipinski definition) is 2. The van der Waals surface area contributed by atoms with Crippen LogP contribution in [0.4, 0.5) is 4.39 Å². The van der Waals surface area contributed by atoms with Gasteiger partial charge in [0, 0.05) is 10.0 Å². The molecule has 0 fully saturated rings. The van der Waals surface area contributed by atoms with E-state index in [9.17, 15) is 9.18 Å². The number of hydrogen-bond donors (Lipinski definition) is 0. The van der Waals surface area contributed by atoms with Crippen LogP contribution in [0.5, 0.6) is 5.75 Å². The third-order valence-corrected chi connectivity index (χ3v) is 3.60. The van der Waals surface area contributed by atoms with Crippen LogP contribution in [0.1, 0.15) is 22.8 Å². The molecule has 0 atom stereocenters. The summed E-state index contributed by atoms with van der Waals surface area (Å²) in [6.45, 7) is 1.41. The molecule has 0 aromatic heterocycles. The number of carbonyl (C=O) groups excluding carboxylic acids is 1. The molecule has 2 rings (SSSR count). The Morgan fingerprint density at radius 2 is 2.10 bits per heavy atom. The number of ether oxygens (including phenoxy) is 1. The fourth-order valence-corrected chi connectivity index (χ4v) is 2.30. The van der Waals surface area contributed by atoms with Crippen LogP contribution in [0, 0.1) is 5.82 Å². The van der Waals surface area contributed by atoms with Gasteiger partial charge in [-0.3, -0.25) is 4.79 Å². The minimum atomic E-state index is -0.431. The highest BCUT2D eigenvalue weighted by atomic mass is 79.9. The summed E-state index contributed by atoms with van der Waals surface area (Å²) in [5.74, 6) is -0.153. The van der Waals surface area contributed by atoms with Crippen molar-refractivity contribution in [3.8, 4) is 5.75 Å². The third kappa shape index (κ3) is 3.38. The molecule has 0 radical (unpaired) electrons. The molecule has 0 spiro atoms. The maximum absolute atomic E-state index is 13.6. The maximum Gasteiger partial charge on any atom is 0.163 e. The summed E-state index contributed by atoms with van der Waals surface area (Å²) >= 11 is 9.22. The van der Waals surface area contributed by atoms with Crippen LogP contribution in [-0.4, -0.2) is 5.78 Å². The largest absolute Gasteiger partial charge is 0.488 e. The van der Waals surface area contributed by atoms with Crippen molar-refractivity contribution in [3.05, 3.63) is 62.8 Å². The zero-order valence-corrected chi connectivity index (χ0v) is 13.0. The van der Waals surface area contributed by atoms with Crippen LogP contribution in [0.3, 0.4) is 0 Å². The predicted octanol–water partition coefficient (Wildman–Crippen LogP) is 5.02. The van der Waals surface area contributed by atoms with E-state index in [1.54, 1.807) is 24.3 Å². The van der Waals surface area contributed by atoms with E-state index >= 15 is 0 Å². The molecular formula is C15H11BrClFO2. The normalized spacial score (nSPS) is 10.4. The molecule has 0 saturated carbocycles. The van der Waals surface area contributed by atoms with Gasteiger partial charge in [-0.2, -0.15) is 0 Å². The first-order valence-corrected chi connectivity index (χ1v) is 7.02. The van der Waals surface area contributed by atoms with Gasteiger partial charge in [-0.1, -0.05) is 33.6 Å². The van der Waals surface area contributed by atoms with Gasteiger partial charge in [-0.15, -0.1) is 0 Å². The fourth-order valence-electron chi connectivity index (χ4n) is 1.72. The Bertz CT molecular complexity index is 638. The number of benzene rings is 2. The molecule has 0 amide bonds. The van der Waals surface area contributed by atoms with Crippen molar-refractivity contribution >= 4 is 33.3 Å². The van der Waals surface area contributed by atoms with E-state index < -0.39 is 5.82 Å². The second-order valence-electron chi connectivity index (χ2n) is 4.19. The Labute approximate surface area is 129 Å². The zero-order valence-electron chi connectivity index (χ0n) is 10.6. The van der Waals surface area contributed by atoms with Crippen molar-refractivity contribution in [3.63, 3.8) is 0 Å². The first-order chi connectivity index (χ1) is 9.49. The number of ketones is 1. The molecule has 5 heteroatoms. The summed E-state index contributed by atoms with van der Waals surface area (Å²) in [5.41, 5.74) is 0.707. The summed E-state index contributed by atoms with van der Waals surface area (Å²) in [4.78, 5) is 11.6. The van der Waals surface area contributed by atoms with Gasteiger partial charge >= 0.3 is 0 Å². The van der Waals surface area contributed by atoms with E-state index in [-0.39, 0.29) is 18.0 Å². The summed E-state index contributed by atoms with van der Waals surface area (Å²) in [5, 5.41) is 0.298. The standard InChI is InChI=1S/C15H11BrClFO2/c1-9(19)11-7-10(16)5-6-15(11)20-8-12-13(17)3-2-4-14(12)18/h2-7H,8H2,1H3. The number of carbonyl (C=O) groups is 1. The molecule has 2 aromatic carbocycles. The van der Waals surface area contributed by atoms with Crippen molar-refractivity contribution in [1.82, 2.24) is 0 Å². The SMILES string of the molecule is CC(=O)c1cc(Br)ccc1OCc1c(F)cccc1Cl. The van der Waals surface area contributed by atoms with Crippen molar-refractivity contribution in [1.29, 1.82) is 0 Å². The lowest BCUT2D eigenvalue weighted by Crippen LogP contribution is -2.03. The van der Waals surface area contributed by atoms with Gasteiger partial charge in [-0.05, 0) is 37.3 Å². The van der Waals surface area contributed by atoms with Gasteiger partial charge in [-0.25, -0.2) is 4.39 Å². The zero-order chi connectivity index (χ0) is 14.7. The lowest BCUT2D eigenvalue weighted by molar-refractivity contribution is 0.101. The average molecular weight is 358 g/mol. The molecule has 0 saturated heterocycles. The van der Waals surface area contributed by atoms with Crippen LogP contribution >= 0.6 is 27.5 Å². The minimum absolute atomic E-state index is 0.0343. The Morgan fingerprint density at radius 1 is 1.35 bits per heavy atom. The number of Topliss-reactive ketones (excluding diaryl/α,β-unsaturated/α-hetero) is 1. The molecule has 0 N–H and O–H groups in total. The van der Waals surface area contributed by atoms with Crippen LogP contribution in [0.25, 0.3) is 0 Å². The summed E-state index contributed by atoms with van der Waals surface area (Å²) in [6, 6.07) is 9.53. The van der Waals surface area contributed by atoms with Gasteiger partial charge in [0.2, 0.25) is 0 Å². The quantitative estimate of drug-likeness (QED) is 0.718. The lowest BCUT2D eigenvalue weighted by Gasteiger charge is -2.11. The van der Waals surface area contributed by atoms with Gasteiger partial charge in [0.1, 0.15) is 18.2 Å². The molecular weight excluding hydrogens is 347 g/mol. The molecule has 2 nitrogen and oxygen atoms in total. The number of rotatable bonds is 4. The van der Waals surface area contributed by atoms with Crippen LogP contribution < -0.4 is 4.74 Å². The van der Waals surface area contributed by atoms with Crippen molar-refractivity contribution in [2.75, 3.05) is 0 Å².